The van der Waals surface area contributed by atoms with E-state index in [-0.39, 0.29) is 11.8 Å². The van der Waals surface area contributed by atoms with Crippen LogP contribution >= 0.6 is 0 Å². The average molecular weight is 127 g/mol. The first-order valence-electron chi connectivity index (χ1n) is 3.05. The second-order valence-corrected chi connectivity index (χ2v) is 2.24. The van der Waals surface area contributed by atoms with Crippen LogP contribution in [0, 0.1) is 5.92 Å². The Kier molecular flexibility index (Phi) is 1.82. The van der Waals surface area contributed by atoms with Gasteiger partial charge in [-0.2, -0.15) is 0 Å². The molecular formula is C6H9NO2. The predicted octanol–water partition coefficient (Wildman–Crippen LogP) is -0.288. The lowest BCUT2D eigenvalue weighted by Gasteiger charge is -2.15. The zero-order valence-electron chi connectivity index (χ0n) is 5.09. The number of hydrogen-bond donors (Lipinski definition) is 1. The van der Waals surface area contributed by atoms with Gasteiger partial charge < -0.3 is 10.1 Å². The minimum Gasteiger partial charge on any atom is -0.356 e. The van der Waals surface area contributed by atoms with Crippen molar-refractivity contribution in [2.75, 3.05) is 6.54 Å². The highest BCUT2D eigenvalue weighted by Gasteiger charge is 2.17. The lowest BCUT2D eigenvalue weighted by atomic mass is 10.00. The molecule has 1 atom stereocenters. The number of piperidine rings is 1. The molecule has 9 heavy (non-hydrogen) atoms. The van der Waals surface area contributed by atoms with E-state index in [1.54, 1.807) is 0 Å². The topological polar surface area (TPSA) is 46.2 Å². The van der Waals surface area contributed by atoms with Crippen molar-refractivity contribution in [3.05, 3.63) is 0 Å². The minimum atomic E-state index is -0.0289. The molecular weight excluding hydrogens is 118 g/mol. The number of amides is 1. The minimum absolute atomic E-state index is 0.00153. The zero-order valence-corrected chi connectivity index (χ0v) is 5.09. The summed E-state index contributed by atoms with van der Waals surface area (Å²) in [6.07, 6.45) is 2.04. The fraction of sp³-hybridized carbons (Fsp3) is 0.667. The van der Waals surface area contributed by atoms with Crippen LogP contribution in [0.1, 0.15) is 12.8 Å². The van der Waals surface area contributed by atoms with Crippen LogP contribution in [0.25, 0.3) is 0 Å². The summed E-state index contributed by atoms with van der Waals surface area (Å²) in [6.45, 7) is 0.655. The molecule has 1 amide bonds. The summed E-state index contributed by atoms with van der Waals surface area (Å²) in [5.74, 6) is -0.0305. The molecule has 3 heteroatoms. The van der Waals surface area contributed by atoms with E-state index in [1.165, 1.54) is 0 Å². The normalized spacial score (nSPS) is 27.1. The van der Waals surface area contributed by atoms with E-state index in [4.69, 9.17) is 0 Å². The van der Waals surface area contributed by atoms with Gasteiger partial charge in [0.1, 0.15) is 6.29 Å². The van der Waals surface area contributed by atoms with Crippen molar-refractivity contribution in [1.29, 1.82) is 0 Å². The Morgan fingerprint density at radius 2 is 2.44 bits per heavy atom. The average Bonchev–Trinajstić information content (AvgIpc) is 1.88. The van der Waals surface area contributed by atoms with Crippen molar-refractivity contribution >= 4 is 12.2 Å². The Bertz CT molecular complexity index is 133. The summed E-state index contributed by atoms with van der Waals surface area (Å²) >= 11 is 0. The van der Waals surface area contributed by atoms with Crippen LogP contribution in [0.15, 0.2) is 0 Å². The molecule has 0 aromatic rings. The molecule has 0 saturated carbocycles. The molecule has 0 bridgehead atoms. The molecule has 1 fully saturated rings. The summed E-state index contributed by atoms with van der Waals surface area (Å²) in [6, 6.07) is 0. The Balaban J connectivity index is 2.40. The molecule has 1 N–H and O–H groups in total. The number of aldehydes is 1. The van der Waals surface area contributed by atoms with Gasteiger partial charge in [-0.15, -0.1) is 0 Å². The number of hydrogen-bond acceptors (Lipinski definition) is 2. The zero-order chi connectivity index (χ0) is 6.69. The van der Waals surface area contributed by atoms with E-state index in [0.717, 1.165) is 12.7 Å². The number of rotatable bonds is 1. The second kappa shape index (κ2) is 2.62. The molecule has 3 nitrogen and oxygen atoms in total. The van der Waals surface area contributed by atoms with Crippen LogP contribution in [-0.4, -0.2) is 18.7 Å². The third-order valence-corrected chi connectivity index (χ3v) is 1.48. The maximum atomic E-state index is 10.6. The first kappa shape index (κ1) is 6.26. The molecule has 0 aromatic carbocycles. The van der Waals surface area contributed by atoms with E-state index < -0.39 is 0 Å². The Hall–Kier alpha value is -0.860. The van der Waals surface area contributed by atoms with Crippen LogP contribution in [-0.2, 0) is 9.59 Å². The van der Waals surface area contributed by atoms with Crippen LogP contribution in [0.5, 0.6) is 0 Å². The molecule has 0 aromatic heterocycles. The maximum absolute atomic E-state index is 10.6. The lowest BCUT2D eigenvalue weighted by molar-refractivity contribution is -0.126. The van der Waals surface area contributed by atoms with Crippen LogP contribution in [0.3, 0.4) is 0 Å². The predicted molar refractivity (Wildman–Crippen MR) is 31.8 cm³/mol. The van der Waals surface area contributed by atoms with Gasteiger partial charge in [0.25, 0.3) is 0 Å². The fourth-order valence-electron chi connectivity index (χ4n) is 0.926. The smallest absolute Gasteiger partial charge is 0.220 e. The molecule has 1 unspecified atom stereocenters. The van der Waals surface area contributed by atoms with Crippen molar-refractivity contribution in [2.45, 2.75) is 12.8 Å². The Morgan fingerprint density at radius 3 is 2.89 bits per heavy atom. The van der Waals surface area contributed by atoms with Gasteiger partial charge in [0.05, 0.1) is 0 Å². The van der Waals surface area contributed by atoms with Crippen molar-refractivity contribution in [3.8, 4) is 0 Å². The van der Waals surface area contributed by atoms with Gasteiger partial charge in [-0.3, -0.25) is 4.79 Å². The first-order valence-corrected chi connectivity index (χ1v) is 3.05. The first-order chi connectivity index (χ1) is 4.33. The second-order valence-electron chi connectivity index (χ2n) is 2.24. The molecule has 0 spiro atoms. The van der Waals surface area contributed by atoms with Crippen molar-refractivity contribution < 1.29 is 9.59 Å². The fourth-order valence-corrected chi connectivity index (χ4v) is 0.926. The standard InChI is InChI=1S/C6H9NO2/c8-4-5-1-2-7-6(9)3-5/h4-5H,1-3H2,(H,7,9). The lowest BCUT2D eigenvalue weighted by Crippen LogP contribution is -2.33. The summed E-state index contributed by atoms with van der Waals surface area (Å²) in [5.41, 5.74) is 0. The summed E-state index contributed by atoms with van der Waals surface area (Å²) in [4.78, 5) is 20.7. The summed E-state index contributed by atoms with van der Waals surface area (Å²) < 4.78 is 0. The molecule has 50 valence electrons. The quantitative estimate of drug-likeness (QED) is 0.492. The van der Waals surface area contributed by atoms with Gasteiger partial charge in [0.15, 0.2) is 0 Å². The van der Waals surface area contributed by atoms with Gasteiger partial charge in [0, 0.05) is 18.9 Å². The van der Waals surface area contributed by atoms with Crippen LogP contribution in [0.2, 0.25) is 0 Å². The largest absolute Gasteiger partial charge is 0.356 e. The SMILES string of the molecule is O=CC1CCNC(=O)C1. The number of carbonyl (C=O) groups excluding carboxylic acids is 2. The Morgan fingerprint density at radius 1 is 1.67 bits per heavy atom. The van der Waals surface area contributed by atoms with Crippen molar-refractivity contribution in [3.63, 3.8) is 0 Å². The van der Waals surface area contributed by atoms with E-state index in [0.29, 0.717) is 13.0 Å². The number of nitrogens with one attached hydrogen (secondary N) is 1. The molecule has 0 aliphatic carbocycles. The third-order valence-electron chi connectivity index (χ3n) is 1.48. The summed E-state index contributed by atoms with van der Waals surface area (Å²) in [7, 11) is 0. The summed E-state index contributed by atoms with van der Waals surface area (Å²) in [5, 5.41) is 2.65. The van der Waals surface area contributed by atoms with E-state index >= 15 is 0 Å². The molecule has 0 radical (unpaired) electrons. The molecule has 1 aliphatic heterocycles. The maximum Gasteiger partial charge on any atom is 0.220 e. The highest BCUT2D eigenvalue weighted by molar-refractivity contribution is 5.80. The molecule has 1 aliphatic rings. The monoisotopic (exact) mass is 127 g/mol. The van der Waals surface area contributed by atoms with Gasteiger partial charge >= 0.3 is 0 Å². The van der Waals surface area contributed by atoms with Gasteiger partial charge in [-0.05, 0) is 6.42 Å². The third kappa shape index (κ3) is 1.52. The van der Waals surface area contributed by atoms with E-state index in [1.807, 2.05) is 0 Å². The molecule has 1 rings (SSSR count). The van der Waals surface area contributed by atoms with E-state index in [2.05, 4.69) is 5.32 Å². The van der Waals surface area contributed by atoms with Crippen LogP contribution in [0.4, 0.5) is 0 Å². The molecule has 1 heterocycles. The van der Waals surface area contributed by atoms with Gasteiger partial charge in [0.2, 0.25) is 5.91 Å². The van der Waals surface area contributed by atoms with Crippen molar-refractivity contribution in [1.82, 2.24) is 5.32 Å². The number of carbonyl (C=O) groups is 2. The highest BCUT2D eigenvalue weighted by Crippen LogP contribution is 2.08. The van der Waals surface area contributed by atoms with Gasteiger partial charge in [-0.1, -0.05) is 0 Å². The van der Waals surface area contributed by atoms with Crippen LogP contribution < -0.4 is 5.32 Å². The Labute approximate surface area is 53.4 Å². The van der Waals surface area contributed by atoms with E-state index in [9.17, 15) is 9.59 Å². The van der Waals surface area contributed by atoms with Gasteiger partial charge in [-0.25, -0.2) is 0 Å². The highest BCUT2D eigenvalue weighted by atomic mass is 16.2. The van der Waals surface area contributed by atoms with Crippen molar-refractivity contribution in [2.24, 2.45) is 5.92 Å². The molecule has 1 saturated heterocycles.